The first-order chi connectivity index (χ1) is 22.3. The van der Waals surface area contributed by atoms with E-state index in [0.717, 1.165) is 5.92 Å². The van der Waals surface area contributed by atoms with Gasteiger partial charge in [0.05, 0.1) is 32.3 Å². The van der Waals surface area contributed by atoms with Crippen molar-refractivity contribution in [3.05, 3.63) is 0 Å². The van der Waals surface area contributed by atoms with E-state index in [9.17, 15) is 38.7 Å². The topological polar surface area (TPSA) is 235 Å². The number of likely N-dealkylation sites (tertiary alicyclic amines) is 1. The highest BCUT2D eigenvalue weighted by Crippen LogP contribution is 2.17. The van der Waals surface area contributed by atoms with E-state index < -0.39 is 60.9 Å². The lowest BCUT2D eigenvalue weighted by Crippen LogP contribution is -2.56. The number of hydrogen-bond acceptors (Lipinski definition) is 9. The maximum atomic E-state index is 12.6. The molecule has 16 nitrogen and oxygen atoms in total. The highest BCUT2D eigenvalue weighted by molar-refractivity contribution is 5.94. The third-order valence-electron chi connectivity index (χ3n) is 5.66. The molecule has 1 heterocycles. The zero-order valence-corrected chi connectivity index (χ0v) is 30.8. The predicted molar refractivity (Wildman–Crippen MR) is 184 cm³/mol. The number of amides is 6. The van der Waals surface area contributed by atoms with E-state index in [4.69, 9.17) is 5.11 Å². The van der Waals surface area contributed by atoms with Crippen molar-refractivity contribution in [3.63, 3.8) is 0 Å². The molecule has 0 bridgehead atoms. The molecule has 0 aromatic rings. The molecule has 1 aliphatic rings. The monoisotopic (exact) mass is 689 g/mol. The van der Waals surface area contributed by atoms with Crippen LogP contribution < -0.4 is 31.9 Å². The minimum Gasteiger partial charge on any atom is -0.481 e. The number of hydrogen-bond donors (Lipinski definition) is 8. The molecule has 48 heavy (non-hydrogen) atoms. The van der Waals surface area contributed by atoms with Gasteiger partial charge in [-0.05, 0) is 39.5 Å². The van der Waals surface area contributed by atoms with Gasteiger partial charge in [0.15, 0.2) is 0 Å². The van der Waals surface area contributed by atoms with Crippen LogP contribution in [-0.4, -0.2) is 120 Å². The Balaban J connectivity index is -0.00000160. The van der Waals surface area contributed by atoms with E-state index in [2.05, 4.69) is 52.7 Å². The normalized spacial score (nSPS) is 14.5. The van der Waals surface area contributed by atoms with E-state index >= 15 is 0 Å². The van der Waals surface area contributed by atoms with Gasteiger partial charge in [0.2, 0.25) is 35.4 Å². The van der Waals surface area contributed by atoms with Gasteiger partial charge in [0, 0.05) is 25.0 Å². The van der Waals surface area contributed by atoms with Crippen LogP contribution in [0.4, 0.5) is 0 Å². The molecule has 3 atom stereocenters. The number of carbonyl (C=O) groups is 7. The van der Waals surface area contributed by atoms with Gasteiger partial charge >= 0.3 is 5.97 Å². The fourth-order valence-corrected chi connectivity index (χ4v) is 3.54. The minimum absolute atomic E-state index is 0.0871. The lowest BCUT2D eigenvalue weighted by Gasteiger charge is -2.25. The number of carboxylic acids is 1. The number of aliphatic hydroxyl groups is 1. The van der Waals surface area contributed by atoms with E-state index in [1.54, 1.807) is 20.8 Å². The summed E-state index contributed by atoms with van der Waals surface area (Å²) >= 11 is 0. The lowest BCUT2D eigenvalue weighted by atomic mass is 10.1. The molecule has 6 amide bonds. The molecular weight excluding hydrogens is 626 g/mol. The summed E-state index contributed by atoms with van der Waals surface area (Å²) in [4.78, 5) is 84.0. The average molecular weight is 690 g/mol. The summed E-state index contributed by atoms with van der Waals surface area (Å²) < 4.78 is 0. The van der Waals surface area contributed by atoms with Gasteiger partial charge in [0.25, 0.3) is 0 Å². The van der Waals surface area contributed by atoms with Crippen molar-refractivity contribution < 1.29 is 43.8 Å². The Bertz CT molecular complexity index is 986. The van der Waals surface area contributed by atoms with Crippen LogP contribution in [0, 0.1) is 5.92 Å². The molecule has 3 unspecified atom stereocenters. The SMILES string of the molecule is CC.CC(C)C.CC(C)NCC(=O)N1CCCC1C(=O)NCC(=O)NC(C(=O)NCC(=O)NCC(=O)NC(C)C)C(C)O.CCC(=O)O. The van der Waals surface area contributed by atoms with Crippen LogP contribution in [-0.2, 0) is 33.6 Å². The highest BCUT2D eigenvalue weighted by atomic mass is 16.4. The fraction of sp³-hybridized carbons (Fsp3) is 0.781. The quantitative estimate of drug-likeness (QED) is 0.114. The van der Waals surface area contributed by atoms with Crippen molar-refractivity contribution in [1.82, 2.24) is 36.8 Å². The minimum atomic E-state index is -1.38. The van der Waals surface area contributed by atoms with Crippen LogP contribution in [0.2, 0.25) is 0 Å². The number of nitrogens with one attached hydrogen (secondary N) is 6. The third kappa shape index (κ3) is 26.3. The maximum Gasteiger partial charge on any atom is 0.303 e. The van der Waals surface area contributed by atoms with Crippen LogP contribution in [0.3, 0.4) is 0 Å². The van der Waals surface area contributed by atoms with Gasteiger partial charge in [-0.1, -0.05) is 55.4 Å². The molecule has 0 spiro atoms. The molecule has 280 valence electrons. The van der Waals surface area contributed by atoms with Crippen LogP contribution >= 0.6 is 0 Å². The Morgan fingerprint density at radius 2 is 1.21 bits per heavy atom. The van der Waals surface area contributed by atoms with Crippen LogP contribution in [0.15, 0.2) is 0 Å². The van der Waals surface area contributed by atoms with Crippen LogP contribution in [0.5, 0.6) is 0 Å². The molecule has 1 rings (SSSR count). The molecule has 0 aromatic carbocycles. The number of rotatable bonds is 15. The smallest absolute Gasteiger partial charge is 0.303 e. The number of aliphatic carboxylic acids is 1. The molecule has 8 N–H and O–H groups in total. The molecule has 0 aliphatic carbocycles. The standard InChI is InChI=1S/C23H41N7O7.C4H10.C3H6O2.C2H6/c1-13(2)24-12-20(35)30-8-6-7-16(30)22(36)26-11-19(34)29-21(15(5)31)23(37)27-9-17(32)25-10-18(33)28-14(3)4;1-4(2)3;1-2-3(4)5;1-2/h13-16,21,24,31H,6-12H2,1-5H3,(H,25,32)(H,26,36)(H,27,37)(H,28,33)(H,29,34);4H,1-3H3;2H2,1H3,(H,4,5);1-2H3. The number of nitrogens with zero attached hydrogens (tertiary/aromatic N) is 1. The molecular formula is C32H63N7O9. The van der Waals surface area contributed by atoms with Gasteiger partial charge in [-0.15, -0.1) is 0 Å². The molecule has 0 aromatic heterocycles. The average Bonchev–Trinajstić information content (AvgIpc) is 3.50. The Morgan fingerprint density at radius 3 is 1.67 bits per heavy atom. The van der Waals surface area contributed by atoms with Gasteiger partial charge < -0.3 is 47.0 Å². The second-order valence-electron chi connectivity index (χ2n) is 12.0. The van der Waals surface area contributed by atoms with Crippen molar-refractivity contribution in [2.24, 2.45) is 5.92 Å². The summed E-state index contributed by atoms with van der Waals surface area (Å²) in [6.45, 7) is 20.1. The van der Waals surface area contributed by atoms with Crippen molar-refractivity contribution in [1.29, 1.82) is 0 Å². The van der Waals surface area contributed by atoms with E-state index in [0.29, 0.717) is 19.4 Å². The molecule has 1 fully saturated rings. The van der Waals surface area contributed by atoms with Crippen LogP contribution in [0.1, 0.15) is 95.4 Å². The lowest BCUT2D eigenvalue weighted by molar-refractivity contribution is -0.138. The Kier molecular flexibility index (Phi) is 28.6. The summed E-state index contributed by atoms with van der Waals surface area (Å²) in [6.07, 6.45) is 0.0644. The zero-order chi connectivity index (χ0) is 38.0. The predicted octanol–water partition coefficient (Wildman–Crippen LogP) is -0.116. The molecule has 0 radical (unpaired) electrons. The number of carbonyl (C=O) groups excluding carboxylic acids is 6. The Labute approximate surface area is 286 Å². The number of aliphatic hydroxyl groups excluding tert-OH is 1. The molecule has 1 aliphatic heterocycles. The van der Waals surface area contributed by atoms with Gasteiger partial charge in [0.1, 0.15) is 12.1 Å². The van der Waals surface area contributed by atoms with Crippen molar-refractivity contribution in [3.8, 4) is 0 Å². The van der Waals surface area contributed by atoms with Crippen molar-refractivity contribution in [2.75, 3.05) is 32.7 Å². The zero-order valence-electron chi connectivity index (χ0n) is 30.8. The molecule has 16 heteroatoms. The van der Waals surface area contributed by atoms with E-state index in [1.807, 2.05) is 27.7 Å². The first-order valence-electron chi connectivity index (χ1n) is 16.7. The number of carboxylic acid groups (broad SMARTS) is 1. The second-order valence-corrected chi connectivity index (χ2v) is 12.0. The summed E-state index contributed by atoms with van der Waals surface area (Å²) in [5, 5.41) is 32.7. The largest absolute Gasteiger partial charge is 0.481 e. The molecule has 0 saturated carbocycles. The van der Waals surface area contributed by atoms with Gasteiger partial charge in [-0.25, -0.2) is 0 Å². The fourth-order valence-electron chi connectivity index (χ4n) is 3.54. The maximum absolute atomic E-state index is 12.6. The molecule has 1 saturated heterocycles. The van der Waals surface area contributed by atoms with E-state index in [1.165, 1.54) is 11.8 Å². The summed E-state index contributed by atoms with van der Waals surface area (Å²) in [5.74, 6) is -3.17. The van der Waals surface area contributed by atoms with Crippen LogP contribution in [0.25, 0.3) is 0 Å². The van der Waals surface area contributed by atoms with Gasteiger partial charge in [-0.3, -0.25) is 33.6 Å². The van der Waals surface area contributed by atoms with Gasteiger partial charge in [-0.2, -0.15) is 0 Å². The summed E-state index contributed by atoms with van der Waals surface area (Å²) in [7, 11) is 0. The van der Waals surface area contributed by atoms with Crippen molar-refractivity contribution in [2.45, 2.75) is 126 Å². The van der Waals surface area contributed by atoms with E-state index in [-0.39, 0.29) is 43.4 Å². The highest BCUT2D eigenvalue weighted by Gasteiger charge is 2.34. The summed E-state index contributed by atoms with van der Waals surface area (Å²) in [6, 6.07) is -2.04. The second kappa shape index (κ2) is 28.2. The Morgan fingerprint density at radius 1 is 0.729 bits per heavy atom. The summed E-state index contributed by atoms with van der Waals surface area (Å²) in [5.41, 5.74) is 0. The van der Waals surface area contributed by atoms with Crippen molar-refractivity contribution >= 4 is 41.4 Å². The Hall–Kier alpha value is -3.79. The third-order valence-corrected chi connectivity index (χ3v) is 5.66. The first kappa shape index (κ1) is 48.6. The first-order valence-corrected chi connectivity index (χ1v) is 16.7.